The molecule has 1 aromatic carbocycles. The molecule has 1 amide bonds. The van der Waals surface area contributed by atoms with Crippen molar-refractivity contribution >= 4 is 22.6 Å². The van der Waals surface area contributed by atoms with Crippen molar-refractivity contribution in [3.63, 3.8) is 0 Å². The number of nitrogens with one attached hydrogen (secondary N) is 2. The quantitative estimate of drug-likeness (QED) is 0.493. The smallest absolute Gasteiger partial charge is 0.223 e. The van der Waals surface area contributed by atoms with Crippen molar-refractivity contribution < 1.29 is 4.79 Å². The van der Waals surface area contributed by atoms with Crippen LogP contribution in [0.2, 0.25) is 0 Å². The number of hydrogen-bond donors (Lipinski definition) is 3. The van der Waals surface area contributed by atoms with Crippen molar-refractivity contribution in [1.29, 1.82) is 0 Å². The molecule has 2 aliphatic rings. The molecule has 2 fully saturated rings. The first kappa shape index (κ1) is 21.2. The van der Waals surface area contributed by atoms with Crippen molar-refractivity contribution in [2.24, 2.45) is 16.6 Å². The zero-order valence-corrected chi connectivity index (χ0v) is 18.0. The summed E-state index contributed by atoms with van der Waals surface area (Å²) in [6.07, 6.45) is 13.4. The molecule has 0 unspecified atom stereocenters. The van der Waals surface area contributed by atoms with Crippen LogP contribution in [-0.4, -0.2) is 33.6 Å². The molecule has 7 heteroatoms. The van der Waals surface area contributed by atoms with Gasteiger partial charge in [0, 0.05) is 23.4 Å². The van der Waals surface area contributed by atoms with Gasteiger partial charge in [-0.1, -0.05) is 37.6 Å². The number of rotatable bonds is 6. The van der Waals surface area contributed by atoms with Crippen LogP contribution in [0.3, 0.4) is 0 Å². The summed E-state index contributed by atoms with van der Waals surface area (Å²) in [6, 6.07) is 8.62. The molecular weight excluding hydrogens is 388 g/mol. The third-order valence-corrected chi connectivity index (χ3v) is 6.36. The molecule has 0 spiro atoms. The Morgan fingerprint density at radius 2 is 1.81 bits per heavy atom. The molecule has 4 rings (SSSR count). The van der Waals surface area contributed by atoms with E-state index in [4.69, 9.17) is 5.73 Å². The number of aliphatic imine (C=N–C) groups is 1. The van der Waals surface area contributed by atoms with Gasteiger partial charge in [-0.05, 0) is 56.9 Å². The first-order valence-corrected chi connectivity index (χ1v) is 11.3. The van der Waals surface area contributed by atoms with Crippen LogP contribution in [0.1, 0.15) is 51.4 Å². The number of hydrogen-bond acceptors (Lipinski definition) is 5. The summed E-state index contributed by atoms with van der Waals surface area (Å²) in [5.41, 5.74) is 6.61. The highest BCUT2D eigenvalue weighted by Crippen LogP contribution is 2.26. The van der Waals surface area contributed by atoms with Crippen LogP contribution in [0, 0.1) is 5.92 Å². The predicted molar refractivity (Wildman–Crippen MR) is 124 cm³/mol. The Labute approximate surface area is 183 Å². The minimum atomic E-state index is 0.126. The number of nitrogens with two attached hydrogens (primary N) is 1. The molecule has 1 heterocycles. The van der Waals surface area contributed by atoms with Gasteiger partial charge in [-0.15, -0.1) is 0 Å². The van der Waals surface area contributed by atoms with E-state index in [9.17, 15) is 4.79 Å². The number of aromatic nitrogens is 2. The van der Waals surface area contributed by atoms with E-state index in [1.807, 2.05) is 30.5 Å². The van der Waals surface area contributed by atoms with Gasteiger partial charge in [-0.3, -0.25) is 4.79 Å². The van der Waals surface area contributed by atoms with Crippen molar-refractivity contribution in [3.8, 4) is 0 Å². The lowest BCUT2D eigenvalue weighted by molar-refractivity contribution is -0.126. The van der Waals surface area contributed by atoms with Gasteiger partial charge >= 0.3 is 0 Å². The molecule has 31 heavy (non-hydrogen) atoms. The lowest BCUT2D eigenvalue weighted by Crippen LogP contribution is -2.41. The SMILES string of the molecule is C=C(N=C(/C=C\N)n1ncc2ccccc21)NC1CCC(C(=O)NC2CCCC2)CC1. The third kappa shape index (κ3) is 5.16. The number of nitrogens with zero attached hydrogens (tertiary/aromatic N) is 3. The zero-order valence-electron chi connectivity index (χ0n) is 18.0. The average Bonchev–Trinajstić information content (AvgIpc) is 3.43. The van der Waals surface area contributed by atoms with E-state index in [0.717, 1.165) is 49.4 Å². The Morgan fingerprint density at radius 1 is 1.10 bits per heavy atom. The van der Waals surface area contributed by atoms with Crippen LogP contribution >= 0.6 is 0 Å². The Kier molecular flexibility index (Phi) is 6.70. The Morgan fingerprint density at radius 3 is 2.55 bits per heavy atom. The molecule has 0 saturated heterocycles. The molecule has 7 nitrogen and oxygen atoms in total. The number of amides is 1. The van der Waals surface area contributed by atoms with Gasteiger partial charge in [-0.25, -0.2) is 9.67 Å². The number of carbonyl (C=O) groups is 1. The molecule has 4 N–H and O–H groups in total. The number of fused-ring (bicyclic) bond motifs is 1. The number of allylic oxidation sites excluding steroid dienone is 1. The average molecular weight is 421 g/mol. The number of para-hydroxylation sites is 1. The van der Waals surface area contributed by atoms with Gasteiger partial charge in [0.1, 0.15) is 5.82 Å². The fourth-order valence-corrected chi connectivity index (χ4v) is 4.69. The van der Waals surface area contributed by atoms with Crippen molar-refractivity contribution in [1.82, 2.24) is 20.4 Å². The Bertz CT molecular complexity index is 977. The van der Waals surface area contributed by atoms with Gasteiger partial charge < -0.3 is 16.4 Å². The van der Waals surface area contributed by atoms with Crippen LogP contribution < -0.4 is 16.4 Å². The van der Waals surface area contributed by atoms with Crippen molar-refractivity contribution in [2.75, 3.05) is 0 Å². The van der Waals surface area contributed by atoms with Gasteiger partial charge in [0.05, 0.1) is 11.7 Å². The molecule has 2 aliphatic carbocycles. The fraction of sp³-hybridized carbons (Fsp3) is 0.458. The highest BCUT2D eigenvalue weighted by Gasteiger charge is 2.28. The molecule has 0 atom stereocenters. The monoisotopic (exact) mass is 420 g/mol. The summed E-state index contributed by atoms with van der Waals surface area (Å²) >= 11 is 0. The van der Waals surface area contributed by atoms with E-state index in [1.54, 1.807) is 10.8 Å². The standard InChI is InChI=1S/C24H32N6O/c1-17(28-23(14-15-25)30-22-9-5-2-6-19(22)16-26-30)27-21-12-10-18(11-13-21)24(31)29-20-7-3-4-8-20/h2,5-6,9,14-16,18,20-21,27H,1,3-4,7-8,10-13,25H2,(H,29,31)/b15-14-,28-23?. The predicted octanol–water partition coefficient (Wildman–Crippen LogP) is 3.43. The molecule has 0 radical (unpaired) electrons. The summed E-state index contributed by atoms with van der Waals surface area (Å²) in [5, 5.41) is 12.2. The van der Waals surface area contributed by atoms with E-state index in [1.165, 1.54) is 19.0 Å². The summed E-state index contributed by atoms with van der Waals surface area (Å²) in [4.78, 5) is 17.2. The second-order valence-electron chi connectivity index (χ2n) is 8.57. The first-order valence-electron chi connectivity index (χ1n) is 11.3. The van der Waals surface area contributed by atoms with Crippen LogP contribution in [0.25, 0.3) is 10.9 Å². The molecule has 2 saturated carbocycles. The highest BCUT2D eigenvalue weighted by atomic mass is 16.1. The zero-order chi connectivity index (χ0) is 21.6. The van der Waals surface area contributed by atoms with Gasteiger partial charge in [0.15, 0.2) is 5.84 Å². The normalized spacial score (nSPS) is 22.8. The van der Waals surface area contributed by atoms with E-state index < -0.39 is 0 Å². The van der Waals surface area contributed by atoms with E-state index >= 15 is 0 Å². The summed E-state index contributed by atoms with van der Waals surface area (Å²) < 4.78 is 1.76. The number of carbonyl (C=O) groups excluding carboxylic acids is 1. The topological polar surface area (TPSA) is 97.3 Å². The van der Waals surface area contributed by atoms with Crippen molar-refractivity contribution in [3.05, 3.63) is 55.1 Å². The van der Waals surface area contributed by atoms with Gasteiger partial charge in [0.25, 0.3) is 0 Å². The molecule has 0 bridgehead atoms. The van der Waals surface area contributed by atoms with Crippen LogP contribution in [0.5, 0.6) is 0 Å². The summed E-state index contributed by atoms with van der Waals surface area (Å²) in [5.74, 6) is 1.54. The minimum absolute atomic E-state index is 0.126. The van der Waals surface area contributed by atoms with Gasteiger partial charge in [-0.2, -0.15) is 5.10 Å². The van der Waals surface area contributed by atoms with Gasteiger partial charge in [0.2, 0.25) is 5.91 Å². The third-order valence-electron chi connectivity index (χ3n) is 6.36. The van der Waals surface area contributed by atoms with Crippen LogP contribution in [-0.2, 0) is 4.79 Å². The van der Waals surface area contributed by atoms with E-state index in [2.05, 4.69) is 27.3 Å². The molecule has 0 aliphatic heterocycles. The maximum Gasteiger partial charge on any atom is 0.223 e. The molecule has 1 aromatic heterocycles. The minimum Gasteiger partial charge on any atom is -0.404 e. The summed E-state index contributed by atoms with van der Waals surface area (Å²) in [6.45, 7) is 4.09. The first-order chi connectivity index (χ1) is 15.1. The second kappa shape index (κ2) is 9.81. The largest absolute Gasteiger partial charge is 0.404 e. The lowest BCUT2D eigenvalue weighted by Gasteiger charge is -2.29. The maximum atomic E-state index is 12.5. The lowest BCUT2D eigenvalue weighted by atomic mass is 9.85. The highest BCUT2D eigenvalue weighted by molar-refractivity contribution is 6.00. The molecule has 164 valence electrons. The number of benzene rings is 1. The maximum absolute atomic E-state index is 12.5. The van der Waals surface area contributed by atoms with E-state index in [0.29, 0.717) is 17.7 Å². The Balaban J connectivity index is 1.34. The Hall–Kier alpha value is -3.09. The summed E-state index contributed by atoms with van der Waals surface area (Å²) in [7, 11) is 0. The van der Waals surface area contributed by atoms with Crippen LogP contribution in [0.4, 0.5) is 0 Å². The fourth-order valence-electron chi connectivity index (χ4n) is 4.69. The molecular formula is C24H32N6O. The van der Waals surface area contributed by atoms with Crippen molar-refractivity contribution in [2.45, 2.75) is 63.5 Å². The van der Waals surface area contributed by atoms with E-state index in [-0.39, 0.29) is 17.9 Å². The second-order valence-corrected chi connectivity index (χ2v) is 8.57. The molecule has 2 aromatic rings. The van der Waals surface area contributed by atoms with Crippen LogP contribution in [0.15, 0.2) is 60.1 Å².